The van der Waals surface area contributed by atoms with Gasteiger partial charge in [-0.25, -0.2) is 0 Å². The summed E-state index contributed by atoms with van der Waals surface area (Å²) >= 11 is 0. The number of hydrogen-bond acceptors (Lipinski definition) is 6. The highest BCUT2D eigenvalue weighted by atomic mass is 16.5. The van der Waals surface area contributed by atoms with E-state index in [0.717, 1.165) is 76.0 Å². The summed E-state index contributed by atoms with van der Waals surface area (Å²) in [7, 11) is 11.7. The zero-order valence-corrected chi connectivity index (χ0v) is 25.9. The summed E-state index contributed by atoms with van der Waals surface area (Å²) < 4.78 is 10.5. The molecule has 2 fully saturated rings. The molecule has 2 saturated carbocycles. The Hall–Kier alpha value is -2.12. The molecular formula is C34H54N2O4. The zero-order chi connectivity index (χ0) is 29.2. The van der Waals surface area contributed by atoms with Gasteiger partial charge in [0.05, 0.1) is 25.4 Å². The Bertz CT molecular complexity index is 897. The van der Waals surface area contributed by atoms with Gasteiger partial charge in [0.2, 0.25) is 0 Å². The topological polar surface area (TPSA) is 65.4 Å². The van der Waals surface area contributed by atoms with Crippen LogP contribution in [0.5, 0.6) is 11.5 Å². The quantitative estimate of drug-likeness (QED) is 0.372. The van der Waals surface area contributed by atoms with Gasteiger partial charge in [-0.2, -0.15) is 0 Å². The number of likely N-dealkylation sites (N-methyl/N-ethyl adjacent to an activating group) is 2. The number of ether oxygens (including phenoxy) is 2. The molecule has 0 heterocycles. The molecule has 0 unspecified atom stereocenters. The van der Waals surface area contributed by atoms with E-state index in [1.165, 1.54) is 24.0 Å². The van der Waals surface area contributed by atoms with Crippen LogP contribution in [0.15, 0.2) is 48.5 Å². The Kier molecular flexibility index (Phi) is 12.3. The third kappa shape index (κ3) is 8.94. The van der Waals surface area contributed by atoms with E-state index in [9.17, 15) is 10.2 Å². The Morgan fingerprint density at radius 2 is 0.875 bits per heavy atom. The van der Waals surface area contributed by atoms with Crippen molar-refractivity contribution in [3.8, 4) is 11.5 Å². The normalized spacial score (nSPS) is 19.9. The average Bonchev–Trinajstić information content (AvgIpc) is 2.96. The van der Waals surface area contributed by atoms with E-state index in [4.69, 9.17) is 9.47 Å². The molecule has 0 spiro atoms. The maximum absolute atomic E-state index is 11.1. The summed E-state index contributed by atoms with van der Waals surface area (Å²) in [6, 6.07) is 16.3. The molecule has 40 heavy (non-hydrogen) atoms. The Balaban J connectivity index is 0.000000220. The Morgan fingerprint density at radius 3 is 1.12 bits per heavy atom. The molecule has 6 heteroatoms. The molecule has 2 aliphatic carbocycles. The molecule has 0 aromatic heterocycles. The summed E-state index contributed by atoms with van der Waals surface area (Å²) in [5.41, 5.74) is 1.31. The lowest BCUT2D eigenvalue weighted by atomic mass is 9.72. The van der Waals surface area contributed by atoms with Crippen LogP contribution < -0.4 is 9.47 Å². The lowest BCUT2D eigenvalue weighted by Crippen LogP contribution is -2.42. The van der Waals surface area contributed by atoms with E-state index in [-0.39, 0.29) is 11.8 Å². The van der Waals surface area contributed by atoms with E-state index in [0.29, 0.717) is 0 Å². The second kappa shape index (κ2) is 15.2. The SMILES string of the molecule is COc1ccc([C@@H](CN(C)C)C2(O)CCCCC2)cc1.COc1ccc([C@H](CN(C)C)C2(O)CCCCC2)cc1. The molecule has 224 valence electrons. The number of benzene rings is 2. The zero-order valence-electron chi connectivity index (χ0n) is 25.9. The number of hydrogen-bond donors (Lipinski definition) is 2. The van der Waals surface area contributed by atoms with Crippen molar-refractivity contribution in [2.45, 2.75) is 87.2 Å². The van der Waals surface area contributed by atoms with Gasteiger partial charge in [0.15, 0.2) is 0 Å². The van der Waals surface area contributed by atoms with Crippen LogP contribution in [-0.2, 0) is 0 Å². The largest absolute Gasteiger partial charge is 0.497 e. The molecule has 2 aromatic rings. The predicted molar refractivity (Wildman–Crippen MR) is 165 cm³/mol. The van der Waals surface area contributed by atoms with Gasteiger partial charge in [-0.15, -0.1) is 0 Å². The van der Waals surface area contributed by atoms with E-state index in [2.05, 4.69) is 62.3 Å². The van der Waals surface area contributed by atoms with Gasteiger partial charge in [0, 0.05) is 24.9 Å². The van der Waals surface area contributed by atoms with Crippen LogP contribution >= 0.6 is 0 Å². The number of rotatable bonds is 10. The van der Waals surface area contributed by atoms with Crippen molar-refractivity contribution in [2.75, 3.05) is 55.5 Å². The second-order valence-electron chi connectivity index (χ2n) is 12.5. The van der Waals surface area contributed by atoms with Crippen molar-refractivity contribution in [3.63, 3.8) is 0 Å². The minimum atomic E-state index is -0.558. The van der Waals surface area contributed by atoms with Crippen LogP contribution in [0.3, 0.4) is 0 Å². The number of methoxy groups -OCH3 is 2. The molecule has 2 N–H and O–H groups in total. The molecule has 0 aliphatic heterocycles. The first-order valence-electron chi connectivity index (χ1n) is 15.1. The van der Waals surface area contributed by atoms with Gasteiger partial charge in [0.1, 0.15) is 11.5 Å². The van der Waals surface area contributed by atoms with E-state index in [1.54, 1.807) is 14.2 Å². The van der Waals surface area contributed by atoms with Crippen molar-refractivity contribution in [3.05, 3.63) is 59.7 Å². The third-order valence-electron chi connectivity index (χ3n) is 8.87. The molecule has 0 bridgehead atoms. The molecule has 6 nitrogen and oxygen atoms in total. The first-order chi connectivity index (χ1) is 19.1. The Labute approximate surface area is 243 Å². The van der Waals surface area contributed by atoms with Crippen LogP contribution in [0.2, 0.25) is 0 Å². The second-order valence-corrected chi connectivity index (χ2v) is 12.5. The summed E-state index contributed by atoms with van der Waals surface area (Å²) in [5, 5.41) is 22.2. The summed E-state index contributed by atoms with van der Waals surface area (Å²) in [6.45, 7) is 1.76. The molecule has 0 amide bonds. The highest BCUT2D eigenvalue weighted by Crippen LogP contribution is 2.41. The minimum absolute atomic E-state index is 0.170. The van der Waals surface area contributed by atoms with Gasteiger partial charge in [-0.3, -0.25) is 0 Å². The fraction of sp³-hybridized carbons (Fsp3) is 0.647. The summed E-state index contributed by atoms with van der Waals surface area (Å²) in [5.74, 6) is 2.08. The van der Waals surface area contributed by atoms with Crippen LogP contribution in [0, 0.1) is 0 Å². The van der Waals surface area contributed by atoms with E-state index < -0.39 is 11.2 Å². The molecule has 2 aliphatic rings. The number of aliphatic hydroxyl groups is 2. The van der Waals surface area contributed by atoms with Gasteiger partial charge in [0.25, 0.3) is 0 Å². The molecule has 0 saturated heterocycles. The summed E-state index contributed by atoms with van der Waals surface area (Å²) in [4.78, 5) is 4.34. The number of nitrogens with zero attached hydrogens (tertiary/aromatic N) is 2. The van der Waals surface area contributed by atoms with Crippen molar-refractivity contribution in [2.24, 2.45) is 0 Å². The fourth-order valence-corrected chi connectivity index (χ4v) is 6.60. The highest BCUT2D eigenvalue weighted by Gasteiger charge is 2.40. The lowest BCUT2D eigenvalue weighted by Gasteiger charge is -2.40. The van der Waals surface area contributed by atoms with Crippen LogP contribution in [0.1, 0.15) is 87.2 Å². The molecule has 2 aromatic carbocycles. The molecule has 0 radical (unpaired) electrons. The first kappa shape index (κ1) is 32.4. The maximum atomic E-state index is 11.1. The average molecular weight is 555 g/mol. The van der Waals surface area contributed by atoms with Crippen LogP contribution in [0.25, 0.3) is 0 Å². The minimum Gasteiger partial charge on any atom is -0.497 e. The lowest BCUT2D eigenvalue weighted by molar-refractivity contribution is -0.0280. The first-order valence-corrected chi connectivity index (χ1v) is 15.1. The Morgan fingerprint density at radius 1 is 0.575 bits per heavy atom. The van der Waals surface area contributed by atoms with E-state index >= 15 is 0 Å². The van der Waals surface area contributed by atoms with Gasteiger partial charge >= 0.3 is 0 Å². The maximum Gasteiger partial charge on any atom is 0.118 e. The van der Waals surface area contributed by atoms with Crippen molar-refractivity contribution >= 4 is 0 Å². The van der Waals surface area contributed by atoms with Crippen molar-refractivity contribution < 1.29 is 19.7 Å². The van der Waals surface area contributed by atoms with Crippen LogP contribution in [0.4, 0.5) is 0 Å². The van der Waals surface area contributed by atoms with Crippen molar-refractivity contribution in [1.82, 2.24) is 9.80 Å². The standard InChI is InChI=1S/2C17H27NO2/c2*1-18(2)13-16(17(19)11-5-4-6-12-17)14-7-9-15(20-3)10-8-14/h2*7-10,16,19H,4-6,11-13H2,1-3H3/t2*16-/m10/s1. The molecule has 4 rings (SSSR count). The van der Waals surface area contributed by atoms with Crippen LogP contribution in [-0.4, -0.2) is 86.7 Å². The monoisotopic (exact) mass is 554 g/mol. The fourth-order valence-electron chi connectivity index (χ4n) is 6.60. The third-order valence-corrected chi connectivity index (χ3v) is 8.87. The molecular weight excluding hydrogens is 500 g/mol. The smallest absolute Gasteiger partial charge is 0.118 e. The highest BCUT2D eigenvalue weighted by molar-refractivity contribution is 5.32. The molecule has 2 atom stereocenters. The van der Waals surface area contributed by atoms with Gasteiger partial charge in [-0.1, -0.05) is 62.8 Å². The summed E-state index contributed by atoms with van der Waals surface area (Å²) in [6.07, 6.45) is 10.7. The van der Waals surface area contributed by atoms with E-state index in [1.807, 2.05) is 24.3 Å². The van der Waals surface area contributed by atoms with Crippen molar-refractivity contribution in [1.29, 1.82) is 0 Å². The predicted octanol–water partition coefficient (Wildman–Crippen LogP) is 6.07. The van der Waals surface area contributed by atoms with Gasteiger partial charge in [-0.05, 0) is 89.3 Å². The van der Waals surface area contributed by atoms with Gasteiger partial charge < -0.3 is 29.5 Å².